The lowest BCUT2D eigenvalue weighted by Gasteiger charge is -2.12. The van der Waals surface area contributed by atoms with Crippen LogP contribution in [0.2, 0.25) is 0 Å². The smallest absolute Gasteiger partial charge is 0.321 e. The average molecular weight is 333 g/mol. The number of amides is 1. The summed E-state index contributed by atoms with van der Waals surface area (Å²) < 4.78 is 6.24. The van der Waals surface area contributed by atoms with Crippen molar-refractivity contribution in [2.45, 2.75) is 20.0 Å². The number of nitrogens with zero attached hydrogens (tertiary/aromatic N) is 6. The van der Waals surface area contributed by atoms with Crippen LogP contribution in [0.4, 0.5) is 5.95 Å². The Labute approximate surface area is 138 Å². The van der Waals surface area contributed by atoms with Gasteiger partial charge in [0, 0.05) is 25.9 Å². The molecule has 0 aliphatic heterocycles. The summed E-state index contributed by atoms with van der Waals surface area (Å²) in [6, 6.07) is 1.53. The molecule has 1 N–H and O–H groups in total. The summed E-state index contributed by atoms with van der Waals surface area (Å²) in [6.07, 6.45) is 1.34. The van der Waals surface area contributed by atoms with E-state index in [4.69, 9.17) is 4.74 Å². The van der Waals surface area contributed by atoms with E-state index in [1.54, 1.807) is 25.9 Å². The number of rotatable bonds is 6. The van der Waals surface area contributed by atoms with Crippen LogP contribution in [0.3, 0.4) is 0 Å². The molecule has 1 amide bonds. The molecule has 24 heavy (non-hydrogen) atoms. The predicted octanol–water partition coefficient (Wildman–Crippen LogP) is -0.872. The molecular formula is C14H19N7O3. The van der Waals surface area contributed by atoms with Gasteiger partial charge in [0.15, 0.2) is 5.82 Å². The number of hydrogen-bond donors (Lipinski definition) is 1. The van der Waals surface area contributed by atoms with Crippen molar-refractivity contribution < 1.29 is 9.53 Å². The normalized spacial score (nSPS) is 10.3. The summed E-state index contributed by atoms with van der Waals surface area (Å²) in [4.78, 5) is 41.8. The first-order chi connectivity index (χ1) is 11.4. The molecule has 2 aromatic heterocycles. The van der Waals surface area contributed by atoms with Gasteiger partial charge in [0.25, 0.3) is 5.56 Å². The van der Waals surface area contributed by atoms with Gasteiger partial charge in [0.05, 0.1) is 20.0 Å². The molecule has 10 nitrogen and oxygen atoms in total. The Balaban J connectivity index is 2.03. The number of anilines is 1. The molecule has 2 rings (SSSR count). The summed E-state index contributed by atoms with van der Waals surface area (Å²) in [5.74, 6) is 0.423. The van der Waals surface area contributed by atoms with Crippen molar-refractivity contribution >= 4 is 11.9 Å². The third kappa shape index (κ3) is 4.48. The summed E-state index contributed by atoms with van der Waals surface area (Å²) in [5.41, 5.74) is 0.319. The molecule has 0 radical (unpaired) electrons. The van der Waals surface area contributed by atoms with E-state index in [1.807, 2.05) is 0 Å². The molecule has 2 heterocycles. The molecule has 0 fully saturated rings. The van der Waals surface area contributed by atoms with Gasteiger partial charge in [0.2, 0.25) is 11.9 Å². The number of nitrogens with one attached hydrogen (secondary N) is 1. The van der Waals surface area contributed by atoms with Crippen LogP contribution in [0, 0.1) is 6.92 Å². The van der Waals surface area contributed by atoms with Gasteiger partial charge in [-0.3, -0.25) is 14.2 Å². The van der Waals surface area contributed by atoms with Gasteiger partial charge in [-0.25, -0.2) is 4.98 Å². The molecule has 0 spiro atoms. The van der Waals surface area contributed by atoms with Gasteiger partial charge in [-0.1, -0.05) is 0 Å². The van der Waals surface area contributed by atoms with Crippen molar-refractivity contribution in [3.8, 4) is 6.01 Å². The number of hydrogen-bond acceptors (Lipinski definition) is 8. The van der Waals surface area contributed by atoms with Crippen molar-refractivity contribution in [3.63, 3.8) is 0 Å². The largest absolute Gasteiger partial charge is 0.467 e. The fourth-order valence-corrected chi connectivity index (χ4v) is 1.78. The van der Waals surface area contributed by atoms with Gasteiger partial charge in [-0.15, -0.1) is 0 Å². The zero-order valence-corrected chi connectivity index (χ0v) is 14.0. The Hall–Kier alpha value is -3.04. The van der Waals surface area contributed by atoms with E-state index in [2.05, 4.69) is 25.3 Å². The minimum absolute atomic E-state index is 0.0899. The Morgan fingerprint density at radius 3 is 2.71 bits per heavy atom. The number of aryl methyl sites for hydroxylation is 1. The van der Waals surface area contributed by atoms with Crippen LogP contribution in [0.5, 0.6) is 6.01 Å². The molecule has 0 saturated carbocycles. The van der Waals surface area contributed by atoms with Crippen LogP contribution in [-0.4, -0.2) is 51.6 Å². The van der Waals surface area contributed by atoms with Crippen molar-refractivity contribution in [2.24, 2.45) is 0 Å². The maximum absolute atomic E-state index is 12.0. The van der Waals surface area contributed by atoms with Crippen LogP contribution in [-0.2, 0) is 17.9 Å². The van der Waals surface area contributed by atoms with Gasteiger partial charge < -0.3 is 15.0 Å². The molecule has 0 unspecified atom stereocenters. The highest BCUT2D eigenvalue weighted by atomic mass is 16.5. The number of ether oxygens (including phenoxy) is 1. The first-order valence-corrected chi connectivity index (χ1v) is 7.15. The molecule has 2 aromatic rings. The number of carbonyl (C=O) groups is 1. The number of aromatic nitrogens is 5. The Morgan fingerprint density at radius 2 is 2.08 bits per heavy atom. The monoisotopic (exact) mass is 333 g/mol. The van der Waals surface area contributed by atoms with Crippen LogP contribution in [0.25, 0.3) is 0 Å². The van der Waals surface area contributed by atoms with E-state index < -0.39 is 0 Å². The Morgan fingerprint density at radius 1 is 1.33 bits per heavy atom. The van der Waals surface area contributed by atoms with Crippen LogP contribution in [0.15, 0.2) is 17.2 Å². The SMILES string of the molecule is COc1nc(CNC(=O)Cn2cnc(C)cc2=O)nc(N(C)C)n1. The molecular weight excluding hydrogens is 314 g/mol. The second-order valence-corrected chi connectivity index (χ2v) is 5.21. The third-order valence-corrected chi connectivity index (χ3v) is 3.01. The molecule has 0 atom stereocenters. The molecule has 128 valence electrons. The maximum Gasteiger partial charge on any atom is 0.321 e. The Kier molecular flexibility index (Phi) is 5.40. The first kappa shape index (κ1) is 17.3. The minimum Gasteiger partial charge on any atom is -0.467 e. The molecule has 10 heteroatoms. The highest BCUT2D eigenvalue weighted by molar-refractivity contribution is 5.75. The fourth-order valence-electron chi connectivity index (χ4n) is 1.78. The minimum atomic E-state index is -0.353. The summed E-state index contributed by atoms with van der Waals surface area (Å²) in [6.45, 7) is 1.67. The van der Waals surface area contributed by atoms with E-state index in [-0.39, 0.29) is 30.6 Å². The molecule has 0 aliphatic carbocycles. The van der Waals surface area contributed by atoms with E-state index in [0.717, 1.165) is 0 Å². The second-order valence-electron chi connectivity index (χ2n) is 5.21. The van der Waals surface area contributed by atoms with Gasteiger partial charge in [0.1, 0.15) is 6.54 Å². The fraction of sp³-hybridized carbons (Fsp3) is 0.429. The van der Waals surface area contributed by atoms with E-state index >= 15 is 0 Å². The van der Waals surface area contributed by atoms with Crippen molar-refractivity contribution in [3.05, 3.63) is 34.3 Å². The molecule has 0 saturated heterocycles. The zero-order valence-electron chi connectivity index (χ0n) is 14.0. The molecule has 0 aliphatic rings. The molecule has 0 aromatic carbocycles. The quantitative estimate of drug-likeness (QED) is 0.725. The van der Waals surface area contributed by atoms with Crippen molar-refractivity contribution in [2.75, 3.05) is 26.1 Å². The Bertz CT molecular complexity index is 788. The highest BCUT2D eigenvalue weighted by Gasteiger charge is 2.10. The summed E-state index contributed by atoms with van der Waals surface area (Å²) >= 11 is 0. The third-order valence-electron chi connectivity index (χ3n) is 3.01. The van der Waals surface area contributed by atoms with Crippen LogP contribution >= 0.6 is 0 Å². The number of carbonyl (C=O) groups excluding carboxylic acids is 1. The van der Waals surface area contributed by atoms with E-state index in [1.165, 1.54) is 24.1 Å². The lowest BCUT2D eigenvalue weighted by molar-refractivity contribution is -0.121. The molecule has 0 bridgehead atoms. The maximum atomic E-state index is 12.0. The lowest BCUT2D eigenvalue weighted by atomic mass is 10.4. The summed E-state index contributed by atoms with van der Waals surface area (Å²) in [5, 5.41) is 2.65. The standard InChI is InChI=1S/C14H19N7O3/c1-9-5-12(23)21(8-16-9)7-11(22)15-6-10-17-13(20(2)3)19-14(18-10)24-4/h5,8H,6-7H2,1-4H3,(H,15,22). The first-order valence-electron chi connectivity index (χ1n) is 7.15. The zero-order chi connectivity index (χ0) is 17.7. The van der Waals surface area contributed by atoms with Crippen LogP contribution in [0.1, 0.15) is 11.5 Å². The van der Waals surface area contributed by atoms with Gasteiger partial charge in [-0.2, -0.15) is 15.0 Å². The van der Waals surface area contributed by atoms with Gasteiger partial charge >= 0.3 is 6.01 Å². The predicted molar refractivity (Wildman–Crippen MR) is 85.8 cm³/mol. The van der Waals surface area contributed by atoms with E-state index in [0.29, 0.717) is 17.5 Å². The van der Waals surface area contributed by atoms with Crippen molar-refractivity contribution in [1.82, 2.24) is 29.8 Å². The second kappa shape index (κ2) is 7.49. The lowest BCUT2D eigenvalue weighted by Crippen LogP contribution is -2.32. The number of methoxy groups -OCH3 is 1. The highest BCUT2D eigenvalue weighted by Crippen LogP contribution is 2.09. The summed E-state index contributed by atoms with van der Waals surface area (Å²) in [7, 11) is 5.02. The average Bonchev–Trinajstić information content (AvgIpc) is 2.55. The topological polar surface area (TPSA) is 115 Å². The van der Waals surface area contributed by atoms with Crippen molar-refractivity contribution in [1.29, 1.82) is 0 Å². The van der Waals surface area contributed by atoms with Crippen LogP contribution < -0.4 is 20.5 Å². The van der Waals surface area contributed by atoms with Gasteiger partial charge in [-0.05, 0) is 6.92 Å². The van der Waals surface area contributed by atoms with E-state index in [9.17, 15) is 9.59 Å².